The molecular weight excluding hydrogens is 613 g/mol. The topological polar surface area (TPSA) is 0 Å². The van der Waals surface area contributed by atoms with E-state index in [1.807, 2.05) is 0 Å². The van der Waals surface area contributed by atoms with Crippen molar-refractivity contribution < 1.29 is 0 Å². The molecule has 9 aromatic carbocycles. The molecule has 0 saturated heterocycles. The molecule has 10 rings (SSSR count). The SMILES string of the molecule is CC1(C)c2ccccc2-c2ccc(-c3c4ccccc4c(-c4cc(-c5ccccc5)cc(-c5ccccc5)c4)c4ccccc34)c3cccc1c23. The summed E-state index contributed by atoms with van der Waals surface area (Å²) in [5, 5.41) is 7.76. The van der Waals surface area contributed by atoms with E-state index in [2.05, 4.69) is 196 Å². The molecule has 0 atom stereocenters. The van der Waals surface area contributed by atoms with Crippen LogP contribution in [0.1, 0.15) is 25.0 Å². The van der Waals surface area contributed by atoms with Crippen molar-refractivity contribution >= 4 is 32.3 Å². The summed E-state index contributed by atoms with van der Waals surface area (Å²) in [6.07, 6.45) is 0. The summed E-state index contributed by atoms with van der Waals surface area (Å²) < 4.78 is 0. The quantitative estimate of drug-likeness (QED) is 0.167. The first-order chi connectivity index (χ1) is 25.1. The molecule has 0 heteroatoms. The smallest absolute Gasteiger partial charge is 0.0159 e. The lowest BCUT2D eigenvalue weighted by atomic mass is 9.68. The summed E-state index contributed by atoms with van der Waals surface area (Å²) in [4.78, 5) is 0. The summed E-state index contributed by atoms with van der Waals surface area (Å²) in [5.41, 5.74) is 15.3. The maximum atomic E-state index is 2.39. The molecule has 0 aliphatic heterocycles. The average molecular weight is 649 g/mol. The van der Waals surface area contributed by atoms with Crippen LogP contribution < -0.4 is 0 Å². The van der Waals surface area contributed by atoms with E-state index in [9.17, 15) is 0 Å². The van der Waals surface area contributed by atoms with Crippen molar-refractivity contribution in [3.63, 3.8) is 0 Å². The highest BCUT2D eigenvalue weighted by molar-refractivity contribution is 6.24. The Kier molecular flexibility index (Phi) is 6.63. The third kappa shape index (κ3) is 4.53. The van der Waals surface area contributed by atoms with Gasteiger partial charge in [0.25, 0.3) is 0 Å². The third-order valence-electron chi connectivity index (χ3n) is 11.2. The van der Waals surface area contributed by atoms with Gasteiger partial charge in [0.2, 0.25) is 0 Å². The van der Waals surface area contributed by atoms with Crippen molar-refractivity contribution in [2.75, 3.05) is 0 Å². The normalized spacial score (nSPS) is 13.1. The first-order valence-corrected chi connectivity index (χ1v) is 17.9. The van der Waals surface area contributed by atoms with Crippen molar-refractivity contribution in [2.24, 2.45) is 0 Å². The second kappa shape index (κ2) is 11.4. The summed E-state index contributed by atoms with van der Waals surface area (Å²) >= 11 is 0. The fraction of sp³-hybridized carbons (Fsp3) is 0.0588. The molecule has 1 aliphatic carbocycles. The molecule has 0 unspecified atom stereocenters. The Morgan fingerprint density at radius 2 is 0.745 bits per heavy atom. The zero-order valence-corrected chi connectivity index (χ0v) is 28.8. The minimum Gasteiger partial charge on any atom is -0.0622 e. The minimum atomic E-state index is -0.101. The van der Waals surface area contributed by atoms with Gasteiger partial charge in [-0.15, -0.1) is 0 Å². The second-order valence-electron chi connectivity index (χ2n) is 14.4. The van der Waals surface area contributed by atoms with Crippen LogP contribution >= 0.6 is 0 Å². The Balaban J connectivity index is 1.30. The molecule has 0 saturated carbocycles. The Hall–Kier alpha value is -6.24. The van der Waals surface area contributed by atoms with Crippen LogP contribution in [0.4, 0.5) is 0 Å². The number of hydrogen-bond acceptors (Lipinski definition) is 0. The molecule has 0 radical (unpaired) electrons. The van der Waals surface area contributed by atoms with Crippen molar-refractivity contribution in [1.82, 2.24) is 0 Å². The molecule has 0 heterocycles. The average Bonchev–Trinajstić information content (AvgIpc) is 3.19. The standard InChI is InChI=1S/C51H36/c1-51(2)46-26-14-13-20-38(46)44-28-29-45(43-25-15-27-47(51)50(43)44)49-41-23-11-9-21-39(41)48(40-22-10-12-24-42(40)49)37-31-35(33-16-5-3-6-17-33)30-36(32-37)34-18-7-4-8-19-34/h3-32H,1-2H3. The largest absolute Gasteiger partial charge is 0.0622 e. The van der Waals surface area contributed by atoms with Crippen molar-refractivity contribution in [1.29, 1.82) is 0 Å². The van der Waals surface area contributed by atoms with Crippen molar-refractivity contribution in [3.8, 4) is 55.6 Å². The van der Waals surface area contributed by atoms with Crippen LogP contribution in [-0.2, 0) is 5.41 Å². The predicted octanol–water partition coefficient (Wildman–Crippen LogP) is 14.1. The van der Waals surface area contributed by atoms with Gasteiger partial charge in [0, 0.05) is 5.41 Å². The highest BCUT2D eigenvalue weighted by Gasteiger charge is 2.33. The maximum absolute atomic E-state index is 2.39. The van der Waals surface area contributed by atoms with Gasteiger partial charge in [-0.2, -0.15) is 0 Å². The molecule has 0 fully saturated rings. The van der Waals surface area contributed by atoms with E-state index in [0.29, 0.717) is 0 Å². The van der Waals surface area contributed by atoms with Gasteiger partial charge in [-0.25, -0.2) is 0 Å². The number of benzene rings is 9. The molecule has 0 aromatic heterocycles. The fourth-order valence-corrected chi connectivity index (χ4v) is 8.87. The Morgan fingerprint density at radius 1 is 0.294 bits per heavy atom. The van der Waals surface area contributed by atoms with Crippen LogP contribution in [0.3, 0.4) is 0 Å². The van der Waals surface area contributed by atoms with Gasteiger partial charge in [0.1, 0.15) is 0 Å². The second-order valence-corrected chi connectivity index (χ2v) is 14.4. The molecule has 9 aromatic rings. The Bertz CT molecular complexity index is 2690. The van der Waals surface area contributed by atoms with Crippen LogP contribution in [0.5, 0.6) is 0 Å². The molecule has 0 bridgehead atoms. The Labute approximate surface area is 299 Å². The van der Waals surface area contributed by atoms with Gasteiger partial charge >= 0.3 is 0 Å². The summed E-state index contributed by atoms with van der Waals surface area (Å²) in [5.74, 6) is 0. The molecule has 240 valence electrons. The fourth-order valence-electron chi connectivity index (χ4n) is 8.87. The van der Waals surface area contributed by atoms with Crippen LogP contribution in [0, 0.1) is 0 Å². The zero-order valence-electron chi connectivity index (χ0n) is 28.8. The van der Waals surface area contributed by atoms with Gasteiger partial charge in [0.15, 0.2) is 0 Å². The van der Waals surface area contributed by atoms with Crippen LogP contribution in [0.25, 0.3) is 88.0 Å². The molecule has 51 heavy (non-hydrogen) atoms. The minimum absolute atomic E-state index is 0.101. The van der Waals surface area contributed by atoms with Gasteiger partial charge in [-0.3, -0.25) is 0 Å². The van der Waals surface area contributed by atoms with E-state index in [-0.39, 0.29) is 5.41 Å². The van der Waals surface area contributed by atoms with Gasteiger partial charge in [-0.05, 0) is 117 Å². The first kappa shape index (κ1) is 29.7. The van der Waals surface area contributed by atoms with Crippen LogP contribution in [-0.4, -0.2) is 0 Å². The highest BCUT2D eigenvalue weighted by Crippen LogP contribution is 2.52. The van der Waals surface area contributed by atoms with E-state index in [4.69, 9.17) is 0 Å². The lowest BCUT2D eigenvalue weighted by Crippen LogP contribution is -2.23. The monoisotopic (exact) mass is 648 g/mol. The lowest BCUT2D eigenvalue weighted by Gasteiger charge is -2.35. The van der Waals surface area contributed by atoms with E-state index in [1.165, 1.54) is 99.1 Å². The highest BCUT2D eigenvalue weighted by atomic mass is 14.4. The molecular formula is C51H36. The van der Waals surface area contributed by atoms with Crippen LogP contribution in [0.15, 0.2) is 182 Å². The maximum Gasteiger partial charge on any atom is 0.0159 e. The summed E-state index contributed by atoms with van der Waals surface area (Å²) in [6.45, 7) is 4.76. The van der Waals surface area contributed by atoms with Crippen molar-refractivity contribution in [3.05, 3.63) is 193 Å². The number of fused-ring (bicyclic) bond motifs is 4. The third-order valence-corrected chi connectivity index (χ3v) is 11.2. The molecule has 1 aliphatic rings. The molecule has 0 amide bonds. The van der Waals surface area contributed by atoms with E-state index >= 15 is 0 Å². The van der Waals surface area contributed by atoms with Crippen LogP contribution in [0.2, 0.25) is 0 Å². The predicted molar refractivity (Wildman–Crippen MR) is 218 cm³/mol. The van der Waals surface area contributed by atoms with Gasteiger partial charge < -0.3 is 0 Å². The molecule has 0 nitrogen and oxygen atoms in total. The molecule has 0 spiro atoms. The lowest BCUT2D eigenvalue weighted by molar-refractivity contribution is 0.645. The number of rotatable bonds is 4. The van der Waals surface area contributed by atoms with Gasteiger partial charge in [0.05, 0.1) is 0 Å². The van der Waals surface area contributed by atoms with Crippen molar-refractivity contribution in [2.45, 2.75) is 19.3 Å². The van der Waals surface area contributed by atoms with Gasteiger partial charge in [-0.1, -0.05) is 178 Å². The molecule has 0 N–H and O–H groups in total. The Morgan fingerprint density at radius 3 is 1.35 bits per heavy atom. The van der Waals surface area contributed by atoms with E-state index in [0.717, 1.165) is 0 Å². The summed E-state index contributed by atoms with van der Waals surface area (Å²) in [6, 6.07) is 67.4. The zero-order chi connectivity index (χ0) is 34.1. The first-order valence-electron chi connectivity index (χ1n) is 17.9. The summed E-state index contributed by atoms with van der Waals surface area (Å²) in [7, 11) is 0. The van der Waals surface area contributed by atoms with E-state index in [1.54, 1.807) is 0 Å². The van der Waals surface area contributed by atoms with E-state index < -0.39 is 0 Å². The number of hydrogen-bond donors (Lipinski definition) is 0.